The van der Waals surface area contributed by atoms with Crippen LogP contribution in [0.15, 0.2) is 24.3 Å². The molecule has 0 spiro atoms. The van der Waals surface area contributed by atoms with E-state index in [0.717, 1.165) is 28.3 Å². The van der Waals surface area contributed by atoms with Gasteiger partial charge in [0.1, 0.15) is 16.4 Å². The molecule has 1 aliphatic rings. The summed E-state index contributed by atoms with van der Waals surface area (Å²) in [4.78, 5) is 12.2. The van der Waals surface area contributed by atoms with Crippen LogP contribution in [-0.4, -0.2) is 24.7 Å². The minimum atomic E-state index is 0.244. The lowest BCUT2D eigenvalue weighted by molar-refractivity contribution is 0.475. The summed E-state index contributed by atoms with van der Waals surface area (Å²) in [5.41, 5.74) is 3.22. The Morgan fingerprint density at radius 2 is 2.00 bits per heavy atom. The van der Waals surface area contributed by atoms with E-state index in [4.69, 9.17) is 9.97 Å². The molecule has 5 nitrogen and oxygen atoms in total. The van der Waals surface area contributed by atoms with Crippen molar-refractivity contribution in [1.29, 1.82) is 0 Å². The molecule has 0 bridgehead atoms. The van der Waals surface area contributed by atoms with Crippen molar-refractivity contribution >= 4 is 27.2 Å². The maximum absolute atomic E-state index is 9.51. The number of thiophene rings is 1. The lowest BCUT2D eigenvalue weighted by atomic mass is 9.87. The first kappa shape index (κ1) is 14.8. The Bertz CT molecular complexity index is 1110. The van der Waals surface area contributed by atoms with Crippen LogP contribution in [0, 0.1) is 6.92 Å². The van der Waals surface area contributed by atoms with E-state index in [2.05, 4.69) is 12.0 Å². The van der Waals surface area contributed by atoms with Gasteiger partial charge in [0.2, 0.25) is 0 Å². The molecule has 1 aliphatic carbocycles. The fourth-order valence-corrected chi connectivity index (χ4v) is 5.19. The van der Waals surface area contributed by atoms with Crippen LogP contribution >= 0.6 is 11.3 Å². The van der Waals surface area contributed by atoms with E-state index in [1.54, 1.807) is 12.1 Å². The van der Waals surface area contributed by atoms with Gasteiger partial charge in [-0.15, -0.1) is 16.4 Å². The minimum Gasteiger partial charge on any atom is -0.508 e. The van der Waals surface area contributed by atoms with Crippen molar-refractivity contribution in [3.8, 4) is 17.1 Å². The predicted octanol–water partition coefficient (Wildman–Crippen LogP) is 4.46. The SMILES string of the molecule is Cc1nc2sc3c(c2c2nc(-c4ccc(O)cc4)nn12)C(C)CCC3. The van der Waals surface area contributed by atoms with Gasteiger partial charge in [-0.1, -0.05) is 6.92 Å². The molecule has 0 radical (unpaired) electrons. The van der Waals surface area contributed by atoms with Gasteiger partial charge in [-0.3, -0.25) is 0 Å². The van der Waals surface area contributed by atoms with E-state index in [0.29, 0.717) is 11.7 Å². The van der Waals surface area contributed by atoms with Crippen molar-refractivity contribution in [2.24, 2.45) is 0 Å². The maximum atomic E-state index is 9.51. The lowest BCUT2D eigenvalue weighted by Crippen LogP contribution is -2.05. The van der Waals surface area contributed by atoms with Gasteiger partial charge in [0.25, 0.3) is 0 Å². The molecule has 0 fully saturated rings. The third-order valence-corrected chi connectivity index (χ3v) is 6.22. The number of hydrogen-bond donors (Lipinski definition) is 1. The van der Waals surface area contributed by atoms with Gasteiger partial charge < -0.3 is 5.11 Å². The van der Waals surface area contributed by atoms with Crippen molar-refractivity contribution in [1.82, 2.24) is 19.6 Å². The standard InChI is InChI=1S/C19H18N4OS/c1-10-4-3-5-14-15(10)16-18-21-17(12-6-8-13(24)9-7-12)22-23(18)11(2)20-19(16)25-14/h6-10,24H,3-5H2,1-2H3. The van der Waals surface area contributed by atoms with E-state index >= 15 is 0 Å². The van der Waals surface area contributed by atoms with Crippen molar-refractivity contribution in [2.45, 2.75) is 39.0 Å². The van der Waals surface area contributed by atoms with E-state index in [1.165, 1.54) is 28.7 Å². The Morgan fingerprint density at radius 1 is 1.20 bits per heavy atom. The highest BCUT2D eigenvalue weighted by Crippen LogP contribution is 2.43. The van der Waals surface area contributed by atoms with Crippen LogP contribution in [-0.2, 0) is 6.42 Å². The summed E-state index contributed by atoms with van der Waals surface area (Å²) < 4.78 is 1.86. The second-order valence-electron chi connectivity index (χ2n) is 6.79. The molecule has 3 heterocycles. The van der Waals surface area contributed by atoms with Crippen LogP contribution in [0.2, 0.25) is 0 Å². The van der Waals surface area contributed by atoms with Gasteiger partial charge in [0, 0.05) is 10.4 Å². The zero-order valence-corrected chi connectivity index (χ0v) is 15.0. The van der Waals surface area contributed by atoms with Gasteiger partial charge in [0.05, 0.1) is 5.39 Å². The first-order chi connectivity index (χ1) is 12.1. The number of fused-ring (bicyclic) bond motifs is 5. The molecule has 1 unspecified atom stereocenters. The number of phenols is 1. The second-order valence-corrected chi connectivity index (χ2v) is 7.87. The molecule has 5 rings (SSSR count). The Labute approximate surface area is 149 Å². The molecule has 1 aromatic carbocycles. The molecule has 126 valence electrons. The Hall–Kier alpha value is -2.47. The molecule has 0 amide bonds. The lowest BCUT2D eigenvalue weighted by Gasteiger charge is -2.18. The molecule has 3 aromatic heterocycles. The van der Waals surface area contributed by atoms with Crippen LogP contribution in [0.4, 0.5) is 0 Å². The van der Waals surface area contributed by atoms with E-state index < -0.39 is 0 Å². The van der Waals surface area contributed by atoms with E-state index in [1.807, 2.05) is 34.9 Å². The fraction of sp³-hybridized carbons (Fsp3) is 0.316. The topological polar surface area (TPSA) is 63.3 Å². The van der Waals surface area contributed by atoms with Crippen LogP contribution in [0.3, 0.4) is 0 Å². The normalized spacial score (nSPS) is 17.3. The zero-order valence-electron chi connectivity index (χ0n) is 14.2. The molecule has 6 heteroatoms. The highest BCUT2D eigenvalue weighted by molar-refractivity contribution is 7.19. The monoisotopic (exact) mass is 350 g/mol. The smallest absolute Gasteiger partial charge is 0.182 e. The third kappa shape index (κ3) is 2.17. The quantitative estimate of drug-likeness (QED) is 0.550. The largest absolute Gasteiger partial charge is 0.508 e. The second kappa shape index (κ2) is 5.26. The van der Waals surface area contributed by atoms with Crippen molar-refractivity contribution in [2.75, 3.05) is 0 Å². The maximum Gasteiger partial charge on any atom is 0.182 e. The average Bonchev–Trinajstić information content (AvgIpc) is 3.17. The average molecular weight is 350 g/mol. The third-order valence-electron chi connectivity index (χ3n) is 5.06. The van der Waals surface area contributed by atoms with Gasteiger partial charge in [-0.2, -0.15) is 4.52 Å². The van der Waals surface area contributed by atoms with E-state index in [9.17, 15) is 5.11 Å². The predicted molar refractivity (Wildman–Crippen MR) is 99.4 cm³/mol. The van der Waals surface area contributed by atoms with Gasteiger partial charge in [-0.05, 0) is 61.9 Å². The van der Waals surface area contributed by atoms with Gasteiger partial charge in [-0.25, -0.2) is 9.97 Å². The number of hydrogen-bond acceptors (Lipinski definition) is 5. The molecule has 4 aromatic rings. The van der Waals surface area contributed by atoms with Crippen LogP contribution in [0.1, 0.15) is 41.9 Å². The van der Waals surface area contributed by atoms with Crippen molar-refractivity contribution in [3.05, 3.63) is 40.5 Å². The summed E-state index contributed by atoms with van der Waals surface area (Å²) in [6.45, 7) is 4.28. The molecule has 1 atom stereocenters. The number of benzene rings is 1. The van der Waals surface area contributed by atoms with E-state index in [-0.39, 0.29) is 5.75 Å². The highest BCUT2D eigenvalue weighted by atomic mass is 32.1. The van der Waals surface area contributed by atoms with Crippen molar-refractivity contribution in [3.63, 3.8) is 0 Å². The zero-order chi connectivity index (χ0) is 17.1. The first-order valence-electron chi connectivity index (χ1n) is 8.60. The Kier molecular flexibility index (Phi) is 3.12. The minimum absolute atomic E-state index is 0.244. The molecule has 0 saturated heterocycles. The summed E-state index contributed by atoms with van der Waals surface area (Å²) >= 11 is 1.81. The summed E-state index contributed by atoms with van der Waals surface area (Å²) in [6.07, 6.45) is 3.62. The summed E-state index contributed by atoms with van der Waals surface area (Å²) in [6, 6.07) is 7.01. The number of aryl methyl sites for hydroxylation is 2. The van der Waals surface area contributed by atoms with Crippen LogP contribution in [0.5, 0.6) is 5.75 Å². The van der Waals surface area contributed by atoms with Crippen molar-refractivity contribution < 1.29 is 5.11 Å². The number of aromatic nitrogens is 4. The molecular weight excluding hydrogens is 332 g/mol. The first-order valence-corrected chi connectivity index (χ1v) is 9.41. The number of nitrogens with zero attached hydrogens (tertiary/aromatic N) is 4. The summed E-state index contributed by atoms with van der Waals surface area (Å²) in [7, 11) is 0. The molecule has 25 heavy (non-hydrogen) atoms. The fourth-order valence-electron chi connectivity index (χ4n) is 3.82. The molecular formula is C19H18N4OS. The van der Waals surface area contributed by atoms with Crippen LogP contribution in [0.25, 0.3) is 27.3 Å². The highest BCUT2D eigenvalue weighted by Gasteiger charge is 2.26. The van der Waals surface area contributed by atoms with Gasteiger partial charge in [0.15, 0.2) is 11.5 Å². The molecule has 0 aliphatic heterocycles. The Balaban J connectivity index is 1.82. The number of aromatic hydroxyl groups is 1. The summed E-state index contributed by atoms with van der Waals surface area (Å²) in [5.74, 6) is 2.31. The number of rotatable bonds is 1. The molecule has 0 saturated carbocycles. The molecule has 1 N–H and O–H groups in total. The van der Waals surface area contributed by atoms with Gasteiger partial charge >= 0.3 is 0 Å². The Morgan fingerprint density at radius 3 is 2.80 bits per heavy atom. The van der Waals surface area contributed by atoms with Crippen LogP contribution < -0.4 is 0 Å². The summed E-state index contributed by atoms with van der Waals surface area (Å²) in [5, 5.41) is 15.4. The number of phenolic OH excluding ortho intramolecular Hbond substituents is 1.